The van der Waals surface area contributed by atoms with Crippen LogP contribution in [0.15, 0.2) is 18.2 Å². The van der Waals surface area contributed by atoms with Crippen LogP contribution < -0.4 is 16.2 Å². The number of aryl methyl sites for hydroxylation is 2. The zero-order valence-corrected chi connectivity index (χ0v) is 11.4. The lowest BCUT2D eigenvalue weighted by molar-refractivity contribution is -0.122. The van der Waals surface area contributed by atoms with Crippen molar-refractivity contribution in [2.45, 2.75) is 44.6 Å². The largest absolute Gasteiger partial charge is 0.494 e. The number of fused-ring (bicyclic) bond motifs is 1. The summed E-state index contributed by atoms with van der Waals surface area (Å²) < 4.78 is 5.70. The molecule has 4 nitrogen and oxygen atoms in total. The molecule has 1 aromatic rings. The van der Waals surface area contributed by atoms with Crippen LogP contribution in [0.5, 0.6) is 5.75 Å². The Bertz CT molecular complexity index is 469. The van der Waals surface area contributed by atoms with E-state index in [-0.39, 0.29) is 0 Å². The van der Waals surface area contributed by atoms with Crippen molar-refractivity contribution in [1.82, 2.24) is 0 Å². The van der Waals surface area contributed by atoms with E-state index >= 15 is 0 Å². The van der Waals surface area contributed by atoms with Crippen molar-refractivity contribution in [2.24, 2.45) is 11.5 Å². The van der Waals surface area contributed by atoms with E-state index in [1.807, 2.05) is 6.07 Å². The van der Waals surface area contributed by atoms with Crippen LogP contribution in [0.1, 0.15) is 37.3 Å². The molecule has 0 heterocycles. The highest BCUT2D eigenvalue weighted by molar-refractivity contribution is 5.83. The second-order valence-electron chi connectivity index (χ2n) is 5.52. The van der Waals surface area contributed by atoms with Crippen molar-refractivity contribution in [3.8, 4) is 5.75 Å². The first-order valence-electron chi connectivity index (χ1n) is 6.82. The Hall–Kier alpha value is -1.55. The summed E-state index contributed by atoms with van der Waals surface area (Å²) in [5.74, 6) is 0.434. The van der Waals surface area contributed by atoms with Crippen molar-refractivity contribution in [3.63, 3.8) is 0 Å². The fourth-order valence-corrected chi connectivity index (χ4v) is 2.39. The fraction of sp³-hybridized carbons (Fsp3) is 0.533. The van der Waals surface area contributed by atoms with Gasteiger partial charge in [0.25, 0.3) is 0 Å². The third-order valence-electron chi connectivity index (χ3n) is 3.74. The zero-order chi connectivity index (χ0) is 13.9. The number of carbonyl (C=O) groups excluding carboxylic acids is 1. The number of amides is 1. The van der Waals surface area contributed by atoms with Gasteiger partial charge in [0, 0.05) is 0 Å². The number of rotatable bonds is 6. The number of hydrogen-bond donors (Lipinski definition) is 2. The Morgan fingerprint density at radius 2 is 2.11 bits per heavy atom. The summed E-state index contributed by atoms with van der Waals surface area (Å²) in [5.41, 5.74) is 12.9. The molecule has 1 unspecified atom stereocenters. The second-order valence-corrected chi connectivity index (χ2v) is 5.52. The van der Waals surface area contributed by atoms with Gasteiger partial charge in [0.1, 0.15) is 5.75 Å². The van der Waals surface area contributed by atoms with Crippen LogP contribution >= 0.6 is 0 Å². The average Bonchev–Trinajstić information content (AvgIpc) is 2.81. The molecule has 0 aliphatic heterocycles. The molecule has 104 valence electrons. The van der Waals surface area contributed by atoms with Gasteiger partial charge in [-0.1, -0.05) is 6.07 Å². The minimum absolute atomic E-state index is 0.468. The smallest absolute Gasteiger partial charge is 0.237 e. The average molecular weight is 262 g/mol. The fourth-order valence-electron chi connectivity index (χ4n) is 2.39. The number of carbonyl (C=O) groups is 1. The standard InChI is InChI=1S/C15H22N2O2/c1-15(17,14(16)18)8-3-9-19-13-7-6-11-4-2-5-12(11)10-13/h6-7,10H,2-5,8-9,17H2,1H3,(H2,16,18). The molecule has 0 saturated carbocycles. The van der Waals surface area contributed by atoms with Crippen molar-refractivity contribution < 1.29 is 9.53 Å². The Balaban J connectivity index is 1.79. The number of nitrogens with two attached hydrogens (primary N) is 2. The van der Waals surface area contributed by atoms with Crippen molar-refractivity contribution in [1.29, 1.82) is 0 Å². The molecular formula is C15H22N2O2. The molecule has 0 aromatic heterocycles. The SMILES string of the molecule is CC(N)(CCCOc1ccc2c(c1)CCC2)C(N)=O. The van der Waals surface area contributed by atoms with Gasteiger partial charge >= 0.3 is 0 Å². The van der Waals surface area contributed by atoms with E-state index in [4.69, 9.17) is 16.2 Å². The van der Waals surface area contributed by atoms with Gasteiger partial charge in [-0.25, -0.2) is 0 Å². The van der Waals surface area contributed by atoms with Crippen molar-refractivity contribution in [3.05, 3.63) is 29.3 Å². The minimum atomic E-state index is -0.943. The summed E-state index contributed by atoms with van der Waals surface area (Å²) in [5, 5.41) is 0. The van der Waals surface area contributed by atoms with Gasteiger partial charge < -0.3 is 16.2 Å². The quantitative estimate of drug-likeness (QED) is 0.763. The minimum Gasteiger partial charge on any atom is -0.494 e. The summed E-state index contributed by atoms with van der Waals surface area (Å²) in [6.45, 7) is 2.21. The van der Waals surface area contributed by atoms with Crippen LogP contribution in [0.4, 0.5) is 0 Å². The van der Waals surface area contributed by atoms with Crippen LogP contribution in [0.25, 0.3) is 0 Å². The number of ether oxygens (including phenoxy) is 1. The normalized spacial score (nSPS) is 16.7. The first-order valence-corrected chi connectivity index (χ1v) is 6.82. The van der Waals surface area contributed by atoms with Gasteiger partial charge in [0.2, 0.25) is 5.91 Å². The molecule has 0 spiro atoms. The van der Waals surface area contributed by atoms with E-state index < -0.39 is 11.4 Å². The highest BCUT2D eigenvalue weighted by Gasteiger charge is 2.24. The van der Waals surface area contributed by atoms with Gasteiger partial charge in [-0.3, -0.25) is 4.79 Å². The van der Waals surface area contributed by atoms with E-state index in [0.717, 1.165) is 12.2 Å². The van der Waals surface area contributed by atoms with E-state index in [2.05, 4.69) is 12.1 Å². The summed E-state index contributed by atoms with van der Waals surface area (Å²) in [4.78, 5) is 11.1. The Morgan fingerprint density at radius 3 is 2.84 bits per heavy atom. The number of hydrogen-bond acceptors (Lipinski definition) is 3. The van der Waals surface area contributed by atoms with Crippen LogP contribution in [0, 0.1) is 0 Å². The maximum Gasteiger partial charge on any atom is 0.237 e. The van der Waals surface area contributed by atoms with E-state index in [0.29, 0.717) is 19.4 Å². The van der Waals surface area contributed by atoms with E-state index in [1.54, 1.807) is 6.92 Å². The monoisotopic (exact) mass is 262 g/mol. The van der Waals surface area contributed by atoms with E-state index in [1.165, 1.54) is 24.0 Å². The molecule has 2 rings (SSSR count). The third-order valence-corrected chi connectivity index (χ3v) is 3.74. The van der Waals surface area contributed by atoms with Crippen LogP contribution in [0.3, 0.4) is 0 Å². The molecule has 0 bridgehead atoms. The maximum absolute atomic E-state index is 11.1. The number of primary amides is 1. The lowest BCUT2D eigenvalue weighted by atomic mass is 9.97. The predicted molar refractivity (Wildman–Crippen MR) is 75.0 cm³/mol. The molecule has 1 aliphatic rings. The van der Waals surface area contributed by atoms with Gasteiger partial charge in [0.05, 0.1) is 12.1 Å². The molecule has 0 radical (unpaired) electrons. The molecule has 1 amide bonds. The highest BCUT2D eigenvalue weighted by Crippen LogP contribution is 2.26. The van der Waals surface area contributed by atoms with Gasteiger partial charge in [-0.2, -0.15) is 0 Å². The molecule has 1 aromatic carbocycles. The van der Waals surface area contributed by atoms with Crippen LogP contribution in [-0.4, -0.2) is 18.1 Å². The molecule has 4 heteroatoms. The van der Waals surface area contributed by atoms with Gasteiger partial charge in [-0.05, 0) is 62.3 Å². The summed E-state index contributed by atoms with van der Waals surface area (Å²) in [7, 11) is 0. The molecule has 4 N–H and O–H groups in total. The molecule has 1 aliphatic carbocycles. The van der Waals surface area contributed by atoms with Gasteiger partial charge in [0.15, 0.2) is 0 Å². The Morgan fingerprint density at radius 1 is 1.37 bits per heavy atom. The van der Waals surface area contributed by atoms with Crippen LogP contribution in [0.2, 0.25) is 0 Å². The molecule has 0 saturated heterocycles. The maximum atomic E-state index is 11.1. The summed E-state index contributed by atoms with van der Waals surface area (Å²) in [6, 6.07) is 6.28. The summed E-state index contributed by atoms with van der Waals surface area (Å²) in [6.07, 6.45) is 4.82. The molecule has 1 atom stereocenters. The number of benzene rings is 1. The first kappa shape index (κ1) is 13.9. The lowest BCUT2D eigenvalue weighted by Gasteiger charge is -2.20. The zero-order valence-electron chi connectivity index (χ0n) is 11.4. The van der Waals surface area contributed by atoms with Gasteiger partial charge in [-0.15, -0.1) is 0 Å². The Kier molecular flexibility index (Phi) is 4.10. The first-order chi connectivity index (χ1) is 8.99. The highest BCUT2D eigenvalue weighted by atomic mass is 16.5. The lowest BCUT2D eigenvalue weighted by Crippen LogP contribution is -2.49. The van der Waals surface area contributed by atoms with E-state index in [9.17, 15) is 4.79 Å². The third kappa shape index (κ3) is 3.47. The predicted octanol–water partition coefficient (Wildman–Crippen LogP) is 1.54. The Labute approximate surface area is 114 Å². The molecule has 19 heavy (non-hydrogen) atoms. The van der Waals surface area contributed by atoms with Crippen molar-refractivity contribution >= 4 is 5.91 Å². The second kappa shape index (κ2) is 5.61. The summed E-state index contributed by atoms with van der Waals surface area (Å²) >= 11 is 0. The van der Waals surface area contributed by atoms with Crippen molar-refractivity contribution in [2.75, 3.05) is 6.61 Å². The molecular weight excluding hydrogens is 240 g/mol. The van der Waals surface area contributed by atoms with Crippen LogP contribution in [-0.2, 0) is 17.6 Å². The molecule has 0 fully saturated rings. The topological polar surface area (TPSA) is 78.3 Å².